The monoisotopic (exact) mass is 317 g/mol. The summed E-state index contributed by atoms with van der Waals surface area (Å²) < 4.78 is 2.26. The number of carbonyl (C=O) groups excluding carboxylic acids is 1. The molecule has 4 atom stereocenters. The first-order chi connectivity index (χ1) is 11.0. The number of urea groups is 1. The quantitative estimate of drug-likeness (QED) is 0.878. The van der Waals surface area contributed by atoms with E-state index in [-0.39, 0.29) is 12.1 Å². The number of hydrogen-bond acceptors (Lipinski definition) is 1. The third-order valence-corrected chi connectivity index (χ3v) is 5.93. The molecule has 4 nitrogen and oxygen atoms in total. The standard InChI is InChI=1S/C19H31N3O/c1-13(2)16-8-7-14(3)12-17(16)20-19(23)22-11-10-21-9-5-6-18(21)15(22)4/h5-6,9,13-17H,7-8,10-12H2,1-4H3,(H,20,23)/t14-,15?,16+,17-/m1/s1. The van der Waals surface area contributed by atoms with Crippen LogP contribution in [0.25, 0.3) is 0 Å². The van der Waals surface area contributed by atoms with E-state index in [1.807, 2.05) is 4.90 Å². The molecule has 4 heteroatoms. The number of fused-ring (bicyclic) bond motifs is 1. The number of aromatic nitrogens is 1. The largest absolute Gasteiger partial charge is 0.348 e. The average Bonchev–Trinajstić information content (AvgIpc) is 2.96. The van der Waals surface area contributed by atoms with E-state index in [1.165, 1.54) is 18.5 Å². The summed E-state index contributed by atoms with van der Waals surface area (Å²) in [6, 6.07) is 4.80. The number of carbonyl (C=O) groups is 1. The summed E-state index contributed by atoms with van der Waals surface area (Å²) >= 11 is 0. The Hall–Kier alpha value is -1.45. The molecule has 0 spiro atoms. The number of nitrogens with one attached hydrogen (secondary N) is 1. The second kappa shape index (κ2) is 6.58. The van der Waals surface area contributed by atoms with E-state index >= 15 is 0 Å². The van der Waals surface area contributed by atoms with Crippen LogP contribution in [0.15, 0.2) is 18.3 Å². The van der Waals surface area contributed by atoms with Gasteiger partial charge in [0.25, 0.3) is 0 Å². The van der Waals surface area contributed by atoms with Gasteiger partial charge in [-0.25, -0.2) is 4.79 Å². The molecule has 2 aliphatic rings. The Labute approximate surface area is 140 Å². The van der Waals surface area contributed by atoms with Crippen LogP contribution in [-0.4, -0.2) is 28.1 Å². The van der Waals surface area contributed by atoms with Crippen molar-refractivity contribution in [1.82, 2.24) is 14.8 Å². The van der Waals surface area contributed by atoms with Crippen LogP contribution >= 0.6 is 0 Å². The molecule has 0 bridgehead atoms. The van der Waals surface area contributed by atoms with Crippen LogP contribution in [-0.2, 0) is 6.54 Å². The van der Waals surface area contributed by atoms with Gasteiger partial charge >= 0.3 is 6.03 Å². The third kappa shape index (κ3) is 3.26. The van der Waals surface area contributed by atoms with Gasteiger partial charge in [-0.15, -0.1) is 0 Å². The Morgan fingerprint density at radius 2 is 2.04 bits per heavy atom. The lowest BCUT2D eigenvalue weighted by Crippen LogP contribution is -2.52. The molecule has 128 valence electrons. The van der Waals surface area contributed by atoms with E-state index in [2.05, 4.69) is 55.9 Å². The van der Waals surface area contributed by atoms with Crippen molar-refractivity contribution in [3.05, 3.63) is 24.0 Å². The van der Waals surface area contributed by atoms with Crippen molar-refractivity contribution in [2.45, 2.75) is 65.6 Å². The minimum absolute atomic E-state index is 0.120. The molecule has 0 saturated heterocycles. The van der Waals surface area contributed by atoms with Crippen molar-refractivity contribution in [3.8, 4) is 0 Å². The van der Waals surface area contributed by atoms with Gasteiger partial charge in [-0.1, -0.05) is 27.2 Å². The summed E-state index contributed by atoms with van der Waals surface area (Å²) in [7, 11) is 0. The summed E-state index contributed by atoms with van der Waals surface area (Å²) in [6.45, 7) is 10.7. The van der Waals surface area contributed by atoms with E-state index in [1.54, 1.807) is 0 Å². The van der Waals surface area contributed by atoms with Crippen molar-refractivity contribution in [2.24, 2.45) is 17.8 Å². The fourth-order valence-electron chi connectivity index (χ4n) is 4.47. The Balaban J connectivity index is 1.68. The lowest BCUT2D eigenvalue weighted by molar-refractivity contribution is 0.133. The lowest BCUT2D eigenvalue weighted by atomic mass is 9.74. The Kier molecular flexibility index (Phi) is 4.69. The van der Waals surface area contributed by atoms with Crippen molar-refractivity contribution >= 4 is 6.03 Å². The molecule has 1 aliphatic heterocycles. The van der Waals surface area contributed by atoms with Crippen LogP contribution in [0.2, 0.25) is 0 Å². The van der Waals surface area contributed by atoms with Crippen LogP contribution in [0.5, 0.6) is 0 Å². The molecular formula is C19H31N3O. The highest BCUT2D eigenvalue weighted by molar-refractivity contribution is 5.75. The van der Waals surface area contributed by atoms with E-state index in [4.69, 9.17) is 0 Å². The van der Waals surface area contributed by atoms with Gasteiger partial charge < -0.3 is 14.8 Å². The predicted molar refractivity (Wildman–Crippen MR) is 93.2 cm³/mol. The highest BCUT2D eigenvalue weighted by Gasteiger charge is 2.34. The van der Waals surface area contributed by atoms with Crippen LogP contribution in [0, 0.1) is 17.8 Å². The van der Waals surface area contributed by atoms with Crippen molar-refractivity contribution in [2.75, 3.05) is 6.54 Å². The molecule has 1 aliphatic carbocycles. The first-order valence-corrected chi connectivity index (χ1v) is 9.19. The van der Waals surface area contributed by atoms with E-state index in [0.29, 0.717) is 23.8 Å². The Morgan fingerprint density at radius 1 is 1.26 bits per heavy atom. The zero-order valence-corrected chi connectivity index (χ0v) is 15.0. The molecule has 2 amide bonds. The summed E-state index contributed by atoms with van der Waals surface area (Å²) in [6.07, 6.45) is 5.76. The molecule has 2 heterocycles. The number of hydrogen-bond donors (Lipinski definition) is 1. The topological polar surface area (TPSA) is 37.3 Å². The first-order valence-electron chi connectivity index (χ1n) is 9.19. The molecule has 23 heavy (non-hydrogen) atoms. The zero-order valence-electron chi connectivity index (χ0n) is 15.0. The highest BCUT2D eigenvalue weighted by Crippen LogP contribution is 2.34. The number of nitrogens with zero attached hydrogens (tertiary/aromatic N) is 2. The fraction of sp³-hybridized carbons (Fsp3) is 0.737. The molecule has 1 aromatic rings. The van der Waals surface area contributed by atoms with Gasteiger partial charge in [0, 0.05) is 31.0 Å². The summed E-state index contributed by atoms with van der Waals surface area (Å²) in [5.74, 6) is 1.95. The molecule has 1 unspecified atom stereocenters. The van der Waals surface area contributed by atoms with Crippen LogP contribution in [0.4, 0.5) is 4.79 Å². The maximum absolute atomic E-state index is 12.9. The van der Waals surface area contributed by atoms with Gasteiger partial charge in [0.15, 0.2) is 0 Å². The Bertz CT molecular complexity index is 551. The maximum atomic E-state index is 12.9. The lowest BCUT2D eigenvalue weighted by Gasteiger charge is -2.41. The van der Waals surface area contributed by atoms with E-state index in [9.17, 15) is 4.79 Å². The fourth-order valence-corrected chi connectivity index (χ4v) is 4.47. The smallest absolute Gasteiger partial charge is 0.318 e. The first kappa shape index (κ1) is 16.4. The second-order valence-corrected chi connectivity index (χ2v) is 7.88. The van der Waals surface area contributed by atoms with Gasteiger partial charge in [0.1, 0.15) is 0 Å². The van der Waals surface area contributed by atoms with Crippen molar-refractivity contribution < 1.29 is 4.79 Å². The van der Waals surface area contributed by atoms with E-state index in [0.717, 1.165) is 19.5 Å². The zero-order chi connectivity index (χ0) is 16.6. The van der Waals surface area contributed by atoms with Gasteiger partial charge in [0.2, 0.25) is 0 Å². The molecule has 0 radical (unpaired) electrons. The summed E-state index contributed by atoms with van der Waals surface area (Å²) in [5, 5.41) is 3.38. The minimum Gasteiger partial charge on any atom is -0.348 e. The van der Waals surface area contributed by atoms with Gasteiger partial charge in [0.05, 0.1) is 6.04 Å². The molecule has 1 N–H and O–H groups in total. The van der Waals surface area contributed by atoms with Crippen LogP contribution < -0.4 is 5.32 Å². The molecule has 0 aromatic carbocycles. The van der Waals surface area contributed by atoms with Crippen LogP contribution in [0.3, 0.4) is 0 Å². The number of amides is 2. The minimum atomic E-state index is 0.120. The molecule has 1 saturated carbocycles. The van der Waals surface area contributed by atoms with E-state index < -0.39 is 0 Å². The normalized spacial score (nSPS) is 31.1. The van der Waals surface area contributed by atoms with Crippen molar-refractivity contribution in [1.29, 1.82) is 0 Å². The average molecular weight is 317 g/mol. The maximum Gasteiger partial charge on any atom is 0.318 e. The predicted octanol–water partition coefficient (Wildman–Crippen LogP) is 4.04. The molecule has 1 aromatic heterocycles. The van der Waals surface area contributed by atoms with Gasteiger partial charge in [-0.05, 0) is 49.7 Å². The third-order valence-electron chi connectivity index (χ3n) is 5.93. The SMILES string of the molecule is CC(C)[C@@H]1CC[C@@H](C)C[C@H]1NC(=O)N1CCn2cccc2C1C. The molecule has 3 rings (SSSR count). The number of rotatable bonds is 2. The molecular weight excluding hydrogens is 286 g/mol. The van der Waals surface area contributed by atoms with Crippen LogP contribution in [0.1, 0.15) is 58.7 Å². The Morgan fingerprint density at radius 3 is 2.78 bits per heavy atom. The van der Waals surface area contributed by atoms with Gasteiger partial charge in [-0.3, -0.25) is 0 Å². The highest BCUT2D eigenvalue weighted by atomic mass is 16.2. The van der Waals surface area contributed by atoms with Gasteiger partial charge in [-0.2, -0.15) is 0 Å². The van der Waals surface area contributed by atoms with Crippen molar-refractivity contribution in [3.63, 3.8) is 0 Å². The summed E-state index contributed by atoms with van der Waals surface area (Å²) in [4.78, 5) is 14.9. The summed E-state index contributed by atoms with van der Waals surface area (Å²) in [5.41, 5.74) is 1.24. The molecule has 1 fully saturated rings. The second-order valence-electron chi connectivity index (χ2n) is 7.88.